The van der Waals surface area contributed by atoms with Crippen molar-refractivity contribution in [1.82, 2.24) is 4.98 Å². The number of pyridine rings is 1. The molecule has 144 valence electrons. The first-order valence-corrected chi connectivity index (χ1v) is 9.08. The number of carbonyl (C=O) groups is 1. The maximum absolute atomic E-state index is 12.5. The van der Waals surface area contributed by atoms with Crippen molar-refractivity contribution in [3.8, 4) is 17.2 Å². The number of aromatic hydroxyl groups is 1. The van der Waals surface area contributed by atoms with E-state index < -0.39 is 5.91 Å². The Kier molecular flexibility index (Phi) is 5.36. The zero-order valence-electron chi connectivity index (χ0n) is 16.5. The summed E-state index contributed by atoms with van der Waals surface area (Å²) in [5.74, 6) is 0.842. The highest BCUT2D eigenvalue weighted by Gasteiger charge is 2.23. The summed E-state index contributed by atoms with van der Waals surface area (Å²) in [4.78, 5) is 16.6. The number of phenolic OH excluding ortho intramolecular Hbond substituents is 1. The maximum Gasteiger partial charge on any atom is 0.274 e. The smallest absolute Gasteiger partial charge is 0.274 e. The number of aromatic nitrogens is 1. The third kappa shape index (κ3) is 4.49. The van der Waals surface area contributed by atoms with E-state index in [-0.39, 0.29) is 22.5 Å². The van der Waals surface area contributed by atoms with E-state index in [1.54, 1.807) is 36.5 Å². The summed E-state index contributed by atoms with van der Waals surface area (Å²) in [6, 6.07) is 16.2. The highest BCUT2D eigenvalue weighted by molar-refractivity contribution is 6.03. The number of benzene rings is 2. The van der Waals surface area contributed by atoms with Crippen LogP contribution < -0.4 is 10.1 Å². The second-order valence-corrected chi connectivity index (χ2v) is 7.70. The molecule has 3 rings (SSSR count). The molecule has 28 heavy (non-hydrogen) atoms. The van der Waals surface area contributed by atoms with Crippen molar-refractivity contribution >= 4 is 11.6 Å². The molecule has 0 aliphatic carbocycles. The van der Waals surface area contributed by atoms with Crippen LogP contribution in [0.15, 0.2) is 60.8 Å². The van der Waals surface area contributed by atoms with E-state index in [1.807, 2.05) is 52.0 Å². The summed E-state index contributed by atoms with van der Waals surface area (Å²) < 4.78 is 6.00. The van der Waals surface area contributed by atoms with Gasteiger partial charge in [0.15, 0.2) is 0 Å². The lowest BCUT2D eigenvalue weighted by Crippen LogP contribution is -2.16. The van der Waals surface area contributed by atoms with Crippen LogP contribution >= 0.6 is 0 Å². The molecule has 0 fully saturated rings. The zero-order valence-corrected chi connectivity index (χ0v) is 16.5. The van der Waals surface area contributed by atoms with E-state index in [1.165, 1.54) is 0 Å². The molecule has 2 N–H and O–H groups in total. The predicted molar refractivity (Wildman–Crippen MR) is 110 cm³/mol. The summed E-state index contributed by atoms with van der Waals surface area (Å²) in [5, 5.41) is 13.5. The van der Waals surface area contributed by atoms with Gasteiger partial charge >= 0.3 is 0 Å². The lowest BCUT2D eigenvalue weighted by atomic mass is 9.85. The van der Waals surface area contributed by atoms with Gasteiger partial charge in [-0.15, -0.1) is 0 Å². The van der Waals surface area contributed by atoms with Crippen LogP contribution in [-0.2, 0) is 5.41 Å². The minimum absolute atomic E-state index is 0.0216. The lowest BCUT2D eigenvalue weighted by molar-refractivity contribution is 0.102. The number of nitrogens with one attached hydrogen (secondary N) is 1. The molecule has 0 aliphatic heterocycles. The van der Waals surface area contributed by atoms with Crippen molar-refractivity contribution in [3.63, 3.8) is 0 Å². The molecule has 5 heteroatoms. The highest BCUT2D eigenvalue weighted by atomic mass is 16.5. The van der Waals surface area contributed by atoms with Gasteiger partial charge in [-0.1, -0.05) is 39.0 Å². The molecule has 0 atom stereocenters. The second kappa shape index (κ2) is 7.72. The van der Waals surface area contributed by atoms with Crippen LogP contribution in [-0.4, -0.2) is 16.0 Å². The first kappa shape index (κ1) is 19.4. The number of hydrogen-bond donors (Lipinski definition) is 2. The number of aryl methyl sites for hydroxylation is 1. The largest absolute Gasteiger partial charge is 0.505 e. The fourth-order valence-electron chi connectivity index (χ4n) is 2.83. The molecule has 0 aliphatic rings. The minimum Gasteiger partial charge on any atom is -0.505 e. The van der Waals surface area contributed by atoms with Gasteiger partial charge in [-0.2, -0.15) is 0 Å². The van der Waals surface area contributed by atoms with Gasteiger partial charge in [0.1, 0.15) is 22.9 Å². The van der Waals surface area contributed by atoms with Gasteiger partial charge in [0.25, 0.3) is 5.91 Å². The summed E-state index contributed by atoms with van der Waals surface area (Å²) in [6.45, 7) is 7.96. The first-order valence-electron chi connectivity index (χ1n) is 9.08. The van der Waals surface area contributed by atoms with Crippen molar-refractivity contribution in [2.24, 2.45) is 0 Å². The molecule has 2 aromatic carbocycles. The third-order valence-electron chi connectivity index (χ3n) is 4.26. The Hall–Kier alpha value is -3.34. The van der Waals surface area contributed by atoms with Crippen LogP contribution in [0.25, 0.3) is 0 Å². The van der Waals surface area contributed by atoms with Gasteiger partial charge in [-0.05, 0) is 48.2 Å². The Morgan fingerprint density at radius 2 is 1.82 bits per heavy atom. The molecule has 0 saturated carbocycles. The van der Waals surface area contributed by atoms with E-state index in [9.17, 15) is 9.90 Å². The van der Waals surface area contributed by atoms with Gasteiger partial charge in [-0.3, -0.25) is 9.78 Å². The van der Waals surface area contributed by atoms with E-state index in [0.717, 1.165) is 5.56 Å². The van der Waals surface area contributed by atoms with E-state index in [2.05, 4.69) is 10.3 Å². The molecular weight excluding hydrogens is 352 g/mol. The summed E-state index contributed by atoms with van der Waals surface area (Å²) in [7, 11) is 0. The summed E-state index contributed by atoms with van der Waals surface area (Å²) in [5.41, 5.74) is 1.96. The summed E-state index contributed by atoms with van der Waals surface area (Å²) in [6.07, 6.45) is 1.55. The number of hydrogen-bond acceptors (Lipinski definition) is 4. The Balaban J connectivity index is 1.99. The fraction of sp³-hybridized carbons (Fsp3) is 0.217. The van der Waals surface area contributed by atoms with Crippen LogP contribution in [0.3, 0.4) is 0 Å². The first-order chi connectivity index (χ1) is 13.2. The van der Waals surface area contributed by atoms with Gasteiger partial charge in [0.2, 0.25) is 0 Å². The average molecular weight is 376 g/mol. The number of amides is 1. The molecule has 1 aromatic heterocycles. The highest BCUT2D eigenvalue weighted by Crippen LogP contribution is 2.41. The summed E-state index contributed by atoms with van der Waals surface area (Å²) >= 11 is 0. The fourth-order valence-corrected chi connectivity index (χ4v) is 2.83. The molecule has 0 spiro atoms. The number of phenols is 1. The number of anilines is 1. The van der Waals surface area contributed by atoms with Gasteiger partial charge in [0.05, 0.1) is 5.69 Å². The molecule has 5 nitrogen and oxygen atoms in total. The average Bonchev–Trinajstić information content (AvgIpc) is 2.64. The van der Waals surface area contributed by atoms with Crippen molar-refractivity contribution in [1.29, 1.82) is 0 Å². The monoisotopic (exact) mass is 376 g/mol. The maximum atomic E-state index is 12.5. The number of nitrogens with zero attached hydrogens (tertiary/aromatic N) is 1. The Bertz CT molecular complexity index is 992. The van der Waals surface area contributed by atoms with E-state index in [4.69, 9.17) is 4.74 Å². The van der Waals surface area contributed by atoms with Crippen molar-refractivity contribution in [2.45, 2.75) is 33.1 Å². The second-order valence-electron chi connectivity index (χ2n) is 7.70. The van der Waals surface area contributed by atoms with Gasteiger partial charge in [-0.25, -0.2) is 0 Å². The molecule has 1 amide bonds. The molecule has 3 aromatic rings. The standard InChI is InChI=1S/C23H24N2O3/c1-15-8-7-9-16(12-15)28-17-13-18(23(2,3)4)21(26)20(14-17)25-22(27)19-10-5-6-11-24-19/h5-14,26H,1-4H3,(H,25,27). The Morgan fingerprint density at radius 3 is 2.46 bits per heavy atom. The van der Waals surface area contributed by atoms with Crippen molar-refractivity contribution in [3.05, 3.63) is 77.6 Å². The molecule has 0 saturated heterocycles. The van der Waals surface area contributed by atoms with Crippen LogP contribution in [0, 0.1) is 6.92 Å². The SMILES string of the molecule is Cc1cccc(Oc2cc(NC(=O)c3ccccn3)c(O)c(C(C)(C)C)c2)c1. The molecule has 1 heterocycles. The predicted octanol–water partition coefficient (Wildman–Crippen LogP) is 5.44. The Morgan fingerprint density at radius 1 is 1.04 bits per heavy atom. The molecular formula is C23H24N2O3. The van der Waals surface area contributed by atoms with Crippen LogP contribution in [0.5, 0.6) is 17.2 Å². The Labute approximate surface area is 165 Å². The minimum atomic E-state index is -0.400. The third-order valence-corrected chi connectivity index (χ3v) is 4.26. The normalized spacial score (nSPS) is 11.1. The number of ether oxygens (including phenoxy) is 1. The number of carbonyl (C=O) groups excluding carboxylic acids is 1. The van der Waals surface area contributed by atoms with Crippen LogP contribution in [0.2, 0.25) is 0 Å². The van der Waals surface area contributed by atoms with Crippen LogP contribution in [0.4, 0.5) is 5.69 Å². The van der Waals surface area contributed by atoms with Crippen molar-refractivity contribution < 1.29 is 14.6 Å². The quantitative estimate of drug-likeness (QED) is 0.595. The van der Waals surface area contributed by atoms with Crippen LogP contribution in [0.1, 0.15) is 42.4 Å². The topological polar surface area (TPSA) is 71.5 Å². The molecule has 0 radical (unpaired) electrons. The lowest BCUT2D eigenvalue weighted by Gasteiger charge is -2.23. The van der Waals surface area contributed by atoms with Gasteiger partial charge in [0, 0.05) is 17.8 Å². The van der Waals surface area contributed by atoms with Gasteiger partial charge < -0.3 is 15.2 Å². The molecule has 0 unspecified atom stereocenters. The van der Waals surface area contributed by atoms with E-state index in [0.29, 0.717) is 17.1 Å². The van der Waals surface area contributed by atoms with Crippen molar-refractivity contribution in [2.75, 3.05) is 5.32 Å². The number of rotatable bonds is 4. The molecule has 0 bridgehead atoms. The zero-order chi connectivity index (χ0) is 20.3. The van der Waals surface area contributed by atoms with E-state index >= 15 is 0 Å².